The highest BCUT2D eigenvalue weighted by molar-refractivity contribution is 6.01. The molecule has 0 saturated carbocycles. The van der Waals surface area contributed by atoms with Gasteiger partial charge in [-0.3, -0.25) is 9.59 Å². The van der Waals surface area contributed by atoms with Gasteiger partial charge in [-0.15, -0.1) is 0 Å². The molecule has 1 N–H and O–H groups in total. The lowest BCUT2D eigenvalue weighted by atomic mass is 9.79. The minimum atomic E-state index is -0.705. The number of fused-ring (bicyclic) bond motifs is 1. The number of hydrogen-bond donors (Lipinski definition) is 1. The molecule has 0 bridgehead atoms. The summed E-state index contributed by atoms with van der Waals surface area (Å²) in [6.45, 7) is 2.67. The summed E-state index contributed by atoms with van der Waals surface area (Å²) in [5.41, 5.74) is 2.61. The van der Waals surface area contributed by atoms with E-state index in [1.165, 1.54) is 33.5 Å². The summed E-state index contributed by atoms with van der Waals surface area (Å²) in [5, 5.41) is 3.00. The number of nitrogens with one attached hydrogen (secondary N) is 1. The molecule has 0 aliphatic carbocycles. The Bertz CT molecular complexity index is 1250. The van der Waals surface area contributed by atoms with Crippen molar-refractivity contribution in [2.45, 2.75) is 31.8 Å². The van der Waals surface area contributed by atoms with Crippen LogP contribution < -0.4 is 19.5 Å². The normalized spacial score (nSPS) is 16.7. The van der Waals surface area contributed by atoms with Gasteiger partial charge in [-0.2, -0.15) is 0 Å². The summed E-state index contributed by atoms with van der Waals surface area (Å²) in [6.07, 6.45) is 0.707. The molecule has 8 heteroatoms. The average molecular weight is 507 g/mol. The second-order valence-corrected chi connectivity index (χ2v) is 8.81. The van der Waals surface area contributed by atoms with Gasteiger partial charge in [0.15, 0.2) is 11.5 Å². The van der Waals surface area contributed by atoms with Crippen LogP contribution >= 0.6 is 0 Å². The third-order valence-electron chi connectivity index (χ3n) is 6.59. The Morgan fingerprint density at radius 3 is 2.22 bits per heavy atom. The van der Waals surface area contributed by atoms with E-state index < -0.39 is 12.0 Å². The highest BCUT2D eigenvalue weighted by atomic mass is 19.1. The van der Waals surface area contributed by atoms with Gasteiger partial charge in [0.25, 0.3) is 5.91 Å². The Morgan fingerprint density at radius 1 is 0.973 bits per heavy atom. The summed E-state index contributed by atoms with van der Waals surface area (Å²) in [4.78, 5) is 29.3. The first kappa shape index (κ1) is 26.0. The fourth-order valence-corrected chi connectivity index (χ4v) is 4.91. The molecule has 2 amide bonds. The Morgan fingerprint density at radius 2 is 1.62 bits per heavy atom. The van der Waals surface area contributed by atoms with Crippen LogP contribution in [0.5, 0.6) is 17.2 Å². The second kappa shape index (κ2) is 11.3. The predicted molar refractivity (Wildman–Crippen MR) is 138 cm³/mol. The summed E-state index contributed by atoms with van der Waals surface area (Å²) < 4.78 is 30.0. The van der Waals surface area contributed by atoms with Gasteiger partial charge in [0.1, 0.15) is 5.82 Å². The molecule has 37 heavy (non-hydrogen) atoms. The fraction of sp³-hybridized carbons (Fsp3) is 0.310. The number of hydrogen-bond acceptors (Lipinski definition) is 5. The maximum absolute atomic E-state index is 13.9. The number of rotatable bonds is 9. The number of benzene rings is 3. The molecule has 0 fully saturated rings. The summed E-state index contributed by atoms with van der Waals surface area (Å²) in [5.74, 6) is -0.134. The highest BCUT2D eigenvalue weighted by Crippen LogP contribution is 2.47. The van der Waals surface area contributed by atoms with Gasteiger partial charge >= 0.3 is 0 Å². The minimum Gasteiger partial charge on any atom is -0.493 e. The van der Waals surface area contributed by atoms with Gasteiger partial charge in [-0.05, 0) is 53.4 Å². The zero-order chi connectivity index (χ0) is 26.5. The molecule has 3 aromatic rings. The van der Waals surface area contributed by atoms with Crippen molar-refractivity contribution >= 4 is 11.8 Å². The van der Waals surface area contributed by atoms with Crippen LogP contribution in [0.4, 0.5) is 4.39 Å². The van der Waals surface area contributed by atoms with E-state index in [2.05, 4.69) is 5.32 Å². The van der Waals surface area contributed by atoms with E-state index in [1.54, 1.807) is 41.3 Å². The molecule has 1 heterocycles. The third-order valence-corrected chi connectivity index (χ3v) is 6.59. The van der Waals surface area contributed by atoms with Gasteiger partial charge in [0, 0.05) is 18.7 Å². The maximum atomic E-state index is 13.9. The monoisotopic (exact) mass is 506 g/mol. The molecule has 2 atom stereocenters. The van der Waals surface area contributed by atoms with Gasteiger partial charge in [-0.25, -0.2) is 4.39 Å². The molecule has 0 aromatic heterocycles. The SMILES string of the molecule is CCCN1C(=O)c2ccccc2[C@@H](C(=O)NCc2ccc(F)cc2)[C@@H]1c1cc(OC)c(OC)c(OC)c1. The van der Waals surface area contributed by atoms with Gasteiger partial charge in [0.2, 0.25) is 11.7 Å². The number of nitrogens with zero attached hydrogens (tertiary/aromatic N) is 1. The topological polar surface area (TPSA) is 77.1 Å². The lowest BCUT2D eigenvalue weighted by molar-refractivity contribution is -0.124. The van der Waals surface area contributed by atoms with Crippen LogP contribution in [0.1, 0.15) is 52.4 Å². The van der Waals surface area contributed by atoms with Crippen LogP contribution in [0.3, 0.4) is 0 Å². The number of ether oxygens (including phenoxy) is 3. The molecular formula is C29H31FN2O5. The van der Waals surface area contributed by atoms with Crippen molar-refractivity contribution in [1.29, 1.82) is 0 Å². The van der Waals surface area contributed by atoms with Crippen LogP contribution in [0, 0.1) is 5.82 Å². The molecule has 0 spiro atoms. The molecule has 7 nitrogen and oxygen atoms in total. The smallest absolute Gasteiger partial charge is 0.254 e. The second-order valence-electron chi connectivity index (χ2n) is 8.81. The standard InChI is InChI=1S/C29H31FN2O5/c1-5-14-32-26(19-15-23(35-2)27(37-4)24(16-19)36-3)25(21-8-6-7-9-22(21)29(32)34)28(33)31-17-18-10-12-20(30)13-11-18/h6-13,15-16,25-26H,5,14,17H2,1-4H3,(H,31,33)/t25-,26+/m1/s1. The molecule has 194 valence electrons. The van der Waals surface area contributed by atoms with Crippen molar-refractivity contribution in [1.82, 2.24) is 10.2 Å². The van der Waals surface area contributed by atoms with Crippen molar-refractivity contribution in [2.24, 2.45) is 0 Å². The van der Waals surface area contributed by atoms with Gasteiger partial charge in [-0.1, -0.05) is 37.3 Å². The molecular weight excluding hydrogens is 475 g/mol. The Labute approximate surface area is 216 Å². The highest BCUT2D eigenvalue weighted by Gasteiger charge is 2.44. The molecule has 1 aliphatic heterocycles. The molecule has 3 aromatic carbocycles. The van der Waals surface area contributed by atoms with Crippen molar-refractivity contribution in [3.05, 3.63) is 88.7 Å². The minimum absolute atomic E-state index is 0.140. The van der Waals surface area contributed by atoms with Crippen molar-refractivity contribution in [3.63, 3.8) is 0 Å². The molecule has 0 saturated heterocycles. The number of carbonyl (C=O) groups excluding carboxylic acids is 2. The summed E-state index contributed by atoms with van der Waals surface area (Å²) >= 11 is 0. The third kappa shape index (κ3) is 5.09. The van der Waals surface area contributed by atoms with Crippen LogP contribution in [-0.2, 0) is 11.3 Å². The quantitative estimate of drug-likeness (QED) is 0.449. The van der Waals surface area contributed by atoms with E-state index in [0.717, 1.165) is 5.56 Å². The first-order valence-corrected chi connectivity index (χ1v) is 12.1. The van der Waals surface area contributed by atoms with E-state index in [9.17, 15) is 14.0 Å². The Kier molecular flexibility index (Phi) is 7.96. The van der Waals surface area contributed by atoms with Crippen molar-refractivity contribution in [3.8, 4) is 17.2 Å². The predicted octanol–water partition coefficient (Wildman–Crippen LogP) is 4.86. The number of halogens is 1. The lowest BCUT2D eigenvalue weighted by Crippen LogP contribution is -2.47. The fourth-order valence-electron chi connectivity index (χ4n) is 4.91. The molecule has 0 radical (unpaired) electrons. The number of amides is 2. The van der Waals surface area contributed by atoms with E-state index >= 15 is 0 Å². The molecule has 1 aliphatic rings. The summed E-state index contributed by atoms with van der Waals surface area (Å²) in [7, 11) is 4.58. The summed E-state index contributed by atoms with van der Waals surface area (Å²) in [6, 6.07) is 16.1. The Balaban J connectivity index is 1.83. The first-order valence-electron chi connectivity index (χ1n) is 12.1. The lowest BCUT2D eigenvalue weighted by Gasteiger charge is -2.42. The van der Waals surface area contributed by atoms with Crippen LogP contribution in [-0.4, -0.2) is 44.6 Å². The van der Waals surface area contributed by atoms with Crippen molar-refractivity contribution in [2.75, 3.05) is 27.9 Å². The average Bonchev–Trinajstić information content (AvgIpc) is 2.93. The van der Waals surface area contributed by atoms with E-state index in [0.29, 0.717) is 46.9 Å². The van der Waals surface area contributed by atoms with E-state index in [1.807, 2.05) is 19.1 Å². The first-order chi connectivity index (χ1) is 17.9. The molecule has 4 rings (SSSR count). The number of carbonyl (C=O) groups is 2. The van der Waals surface area contributed by atoms with E-state index in [-0.39, 0.29) is 24.2 Å². The zero-order valence-corrected chi connectivity index (χ0v) is 21.4. The Hall–Kier alpha value is -4.07. The van der Waals surface area contributed by atoms with Crippen molar-refractivity contribution < 1.29 is 28.2 Å². The maximum Gasteiger partial charge on any atom is 0.254 e. The largest absolute Gasteiger partial charge is 0.493 e. The van der Waals surface area contributed by atoms with Crippen LogP contribution in [0.15, 0.2) is 60.7 Å². The zero-order valence-electron chi connectivity index (χ0n) is 21.4. The van der Waals surface area contributed by atoms with E-state index in [4.69, 9.17) is 14.2 Å². The molecule has 0 unspecified atom stereocenters. The number of methoxy groups -OCH3 is 3. The van der Waals surface area contributed by atoms with Crippen LogP contribution in [0.2, 0.25) is 0 Å². The van der Waals surface area contributed by atoms with Gasteiger partial charge < -0.3 is 24.4 Å². The van der Waals surface area contributed by atoms with Crippen LogP contribution in [0.25, 0.3) is 0 Å². The van der Waals surface area contributed by atoms with Gasteiger partial charge in [0.05, 0.1) is 33.3 Å².